The summed E-state index contributed by atoms with van der Waals surface area (Å²) in [6, 6.07) is 4.86. The SMILES string of the molecule is COc1ccc(C=NNC(N)=S)c(O)c1. The second-order valence-corrected chi connectivity index (χ2v) is 3.10. The van der Waals surface area contributed by atoms with Crippen molar-refractivity contribution in [2.24, 2.45) is 10.8 Å². The van der Waals surface area contributed by atoms with Crippen molar-refractivity contribution < 1.29 is 9.84 Å². The first-order chi connectivity index (χ1) is 7.13. The molecule has 0 bridgehead atoms. The Balaban J connectivity index is 2.78. The number of thiocarbonyl (C=S) groups is 1. The van der Waals surface area contributed by atoms with Crippen LogP contribution in [0, 0.1) is 0 Å². The highest BCUT2D eigenvalue weighted by atomic mass is 32.1. The molecule has 15 heavy (non-hydrogen) atoms. The van der Waals surface area contributed by atoms with Gasteiger partial charge in [0.2, 0.25) is 0 Å². The van der Waals surface area contributed by atoms with Gasteiger partial charge in [-0.1, -0.05) is 0 Å². The number of benzene rings is 1. The number of ether oxygens (including phenoxy) is 1. The molecule has 0 radical (unpaired) electrons. The van der Waals surface area contributed by atoms with Crippen molar-refractivity contribution in [1.82, 2.24) is 5.43 Å². The van der Waals surface area contributed by atoms with Crippen LogP contribution in [0.25, 0.3) is 0 Å². The molecule has 0 aliphatic carbocycles. The van der Waals surface area contributed by atoms with Gasteiger partial charge in [-0.25, -0.2) is 0 Å². The van der Waals surface area contributed by atoms with E-state index in [1.807, 2.05) is 0 Å². The summed E-state index contributed by atoms with van der Waals surface area (Å²) in [5.74, 6) is 0.648. The Bertz CT molecular complexity index is 393. The van der Waals surface area contributed by atoms with Crippen molar-refractivity contribution >= 4 is 23.5 Å². The van der Waals surface area contributed by atoms with E-state index in [0.717, 1.165) is 0 Å². The molecule has 0 heterocycles. The van der Waals surface area contributed by atoms with Crippen molar-refractivity contribution in [3.63, 3.8) is 0 Å². The first kappa shape index (κ1) is 11.3. The summed E-state index contributed by atoms with van der Waals surface area (Å²) in [5.41, 5.74) is 8.09. The molecule has 5 nitrogen and oxygen atoms in total. The minimum atomic E-state index is 0.0688. The van der Waals surface area contributed by atoms with E-state index < -0.39 is 0 Å². The molecular formula is C9H11N3O2S. The topological polar surface area (TPSA) is 79.9 Å². The number of rotatable bonds is 3. The van der Waals surface area contributed by atoms with Gasteiger partial charge in [0, 0.05) is 11.6 Å². The first-order valence-electron chi connectivity index (χ1n) is 4.09. The molecule has 0 saturated carbocycles. The molecule has 1 aromatic carbocycles. The molecule has 80 valence electrons. The lowest BCUT2D eigenvalue weighted by Gasteiger charge is -2.02. The third kappa shape index (κ3) is 3.43. The first-order valence-corrected chi connectivity index (χ1v) is 4.50. The Morgan fingerprint density at radius 1 is 1.67 bits per heavy atom. The molecule has 0 unspecified atom stereocenters. The number of hydrogen-bond acceptors (Lipinski definition) is 4. The lowest BCUT2D eigenvalue weighted by molar-refractivity contribution is 0.407. The molecule has 0 saturated heterocycles. The van der Waals surface area contributed by atoms with Gasteiger partial charge in [-0.15, -0.1) is 0 Å². The fourth-order valence-electron chi connectivity index (χ4n) is 0.925. The highest BCUT2D eigenvalue weighted by Crippen LogP contribution is 2.21. The van der Waals surface area contributed by atoms with E-state index in [2.05, 4.69) is 22.7 Å². The van der Waals surface area contributed by atoms with Gasteiger partial charge < -0.3 is 15.6 Å². The maximum Gasteiger partial charge on any atom is 0.184 e. The van der Waals surface area contributed by atoms with Gasteiger partial charge in [-0.3, -0.25) is 5.43 Å². The average molecular weight is 225 g/mol. The normalized spacial score (nSPS) is 10.2. The fraction of sp³-hybridized carbons (Fsp3) is 0.111. The maximum atomic E-state index is 9.52. The van der Waals surface area contributed by atoms with Gasteiger partial charge >= 0.3 is 0 Å². The molecule has 1 aromatic rings. The highest BCUT2D eigenvalue weighted by Gasteiger charge is 1.99. The van der Waals surface area contributed by atoms with Gasteiger partial charge in [0.25, 0.3) is 0 Å². The van der Waals surface area contributed by atoms with Gasteiger partial charge in [-0.2, -0.15) is 5.10 Å². The van der Waals surface area contributed by atoms with Crippen LogP contribution < -0.4 is 15.9 Å². The number of nitrogens with one attached hydrogen (secondary N) is 1. The van der Waals surface area contributed by atoms with E-state index in [1.165, 1.54) is 19.4 Å². The van der Waals surface area contributed by atoms with E-state index in [9.17, 15) is 5.11 Å². The van der Waals surface area contributed by atoms with Crippen LogP contribution in [-0.4, -0.2) is 23.5 Å². The molecule has 0 aromatic heterocycles. The molecule has 0 aliphatic heterocycles. The van der Waals surface area contributed by atoms with Gasteiger partial charge in [0.05, 0.1) is 13.3 Å². The van der Waals surface area contributed by atoms with Crippen molar-refractivity contribution in [1.29, 1.82) is 0 Å². The third-order valence-corrected chi connectivity index (χ3v) is 1.71. The number of nitrogens with two attached hydrogens (primary N) is 1. The van der Waals surface area contributed by atoms with Crippen LogP contribution in [0.3, 0.4) is 0 Å². The summed E-state index contributed by atoms with van der Waals surface area (Å²) >= 11 is 4.55. The Hall–Kier alpha value is -1.82. The number of aromatic hydroxyl groups is 1. The number of phenolic OH excluding ortho intramolecular Hbond substituents is 1. The number of nitrogens with zero attached hydrogens (tertiary/aromatic N) is 1. The quantitative estimate of drug-likeness (QED) is 0.398. The lowest BCUT2D eigenvalue weighted by atomic mass is 10.2. The predicted molar refractivity (Wildman–Crippen MR) is 62.2 cm³/mol. The Morgan fingerprint density at radius 2 is 2.40 bits per heavy atom. The second kappa shape index (κ2) is 5.16. The van der Waals surface area contributed by atoms with Crippen molar-refractivity contribution in [2.75, 3.05) is 7.11 Å². The third-order valence-electron chi connectivity index (χ3n) is 1.62. The summed E-state index contributed by atoms with van der Waals surface area (Å²) in [6.45, 7) is 0. The molecule has 4 N–H and O–H groups in total. The Morgan fingerprint density at radius 3 is 2.93 bits per heavy atom. The smallest absolute Gasteiger partial charge is 0.184 e. The fourth-order valence-corrected chi connectivity index (χ4v) is 0.978. The maximum absolute atomic E-state index is 9.52. The van der Waals surface area contributed by atoms with E-state index >= 15 is 0 Å². The van der Waals surface area contributed by atoms with Crippen LogP contribution in [-0.2, 0) is 0 Å². The molecule has 0 atom stereocenters. The molecular weight excluding hydrogens is 214 g/mol. The minimum absolute atomic E-state index is 0.0688. The average Bonchev–Trinajstić information content (AvgIpc) is 2.20. The predicted octanol–water partition coefficient (Wildman–Crippen LogP) is 0.568. The zero-order chi connectivity index (χ0) is 11.3. The zero-order valence-corrected chi connectivity index (χ0v) is 8.91. The summed E-state index contributed by atoms with van der Waals surface area (Å²) in [7, 11) is 1.52. The van der Waals surface area contributed by atoms with Crippen molar-refractivity contribution in [3.05, 3.63) is 23.8 Å². The number of methoxy groups -OCH3 is 1. The molecule has 0 amide bonds. The summed E-state index contributed by atoms with van der Waals surface area (Å²) in [5, 5.41) is 13.3. The molecule has 0 fully saturated rings. The number of hydrogen-bond donors (Lipinski definition) is 3. The zero-order valence-electron chi connectivity index (χ0n) is 8.10. The summed E-state index contributed by atoms with van der Waals surface area (Å²) in [6.07, 6.45) is 1.41. The van der Waals surface area contributed by atoms with E-state index in [-0.39, 0.29) is 10.9 Å². The Labute approximate surface area is 92.5 Å². The van der Waals surface area contributed by atoms with Crippen LogP contribution in [0.1, 0.15) is 5.56 Å². The van der Waals surface area contributed by atoms with Crippen LogP contribution in [0.5, 0.6) is 11.5 Å². The monoisotopic (exact) mass is 225 g/mol. The van der Waals surface area contributed by atoms with Crippen molar-refractivity contribution in [3.8, 4) is 11.5 Å². The van der Waals surface area contributed by atoms with Gasteiger partial charge in [0.15, 0.2) is 5.11 Å². The van der Waals surface area contributed by atoms with E-state index in [0.29, 0.717) is 11.3 Å². The molecule has 6 heteroatoms. The minimum Gasteiger partial charge on any atom is -0.507 e. The standard InChI is InChI=1S/C9H11N3O2S/c1-14-7-3-2-6(8(13)4-7)5-11-12-9(10)15/h2-5,13H,1H3,(H3,10,12,15). The number of phenols is 1. The molecule has 0 spiro atoms. The van der Waals surface area contributed by atoms with Crippen LogP contribution >= 0.6 is 12.2 Å². The highest BCUT2D eigenvalue weighted by molar-refractivity contribution is 7.80. The van der Waals surface area contributed by atoms with E-state index in [1.54, 1.807) is 12.1 Å². The lowest BCUT2D eigenvalue weighted by Crippen LogP contribution is -2.23. The van der Waals surface area contributed by atoms with Crippen molar-refractivity contribution in [2.45, 2.75) is 0 Å². The summed E-state index contributed by atoms with van der Waals surface area (Å²) < 4.78 is 4.93. The summed E-state index contributed by atoms with van der Waals surface area (Å²) in [4.78, 5) is 0. The number of hydrazone groups is 1. The van der Waals surface area contributed by atoms with E-state index in [4.69, 9.17) is 10.5 Å². The largest absolute Gasteiger partial charge is 0.507 e. The van der Waals surface area contributed by atoms with Crippen LogP contribution in [0.4, 0.5) is 0 Å². The second-order valence-electron chi connectivity index (χ2n) is 2.66. The van der Waals surface area contributed by atoms with Crippen LogP contribution in [0.15, 0.2) is 23.3 Å². The molecule has 1 rings (SSSR count). The Kier molecular flexibility index (Phi) is 3.87. The molecule has 0 aliphatic rings. The van der Waals surface area contributed by atoms with Crippen LogP contribution in [0.2, 0.25) is 0 Å². The van der Waals surface area contributed by atoms with Gasteiger partial charge in [0.1, 0.15) is 11.5 Å². The van der Waals surface area contributed by atoms with Gasteiger partial charge in [-0.05, 0) is 24.4 Å².